The van der Waals surface area contributed by atoms with Crippen molar-refractivity contribution in [3.8, 4) is 0 Å². The van der Waals surface area contributed by atoms with Crippen molar-refractivity contribution < 1.29 is 9.57 Å². The highest BCUT2D eigenvalue weighted by atomic mass is 16.7. The second-order valence-electron chi connectivity index (χ2n) is 7.94. The molecule has 1 aliphatic heterocycles. The zero-order chi connectivity index (χ0) is 20.1. The molecule has 0 aliphatic carbocycles. The normalized spacial score (nSPS) is 20.0. The van der Waals surface area contributed by atoms with Crippen molar-refractivity contribution in [3.05, 3.63) is 24.0 Å². The van der Waals surface area contributed by atoms with Gasteiger partial charge in [-0.15, -0.1) is 0 Å². The SMILES string of the molecule is CC/C=C\N(C)/C=C(\C)CC(CCC)(CCCCC)C1=NOCC(CC)O1. The molecule has 2 unspecified atom stereocenters. The first-order chi connectivity index (χ1) is 13.0. The van der Waals surface area contributed by atoms with E-state index in [0.717, 1.165) is 44.4 Å². The molecule has 0 saturated carbocycles. The summed E-state index contributed by atoms with van der Waals surface area (Å²) in [6, 6.07) is 0. The third-order valence-electron chi connectivity index (χ3n) is 5.20. The summed E-state index contributed by atoms with van der Waals surface area (Å²) in [5.41, 5.74) is 1.29. The molecule has 0 saturated heterocycles. The van der Waals surface area contributed by atoms with Crippen LogP contribution >= 0.6 is 0 Å². The third-order valence-corrected chi connectivity index (χ3v) is 5.20. The average molecular weight is 379 g/mol. The molecule has 1 aliphatic rings. The number of oxime groups is 1. The molecule has 0 aromatic heterocycles. The Balaban J connectivity index is 3.08. The maximum absolute atomic E-state index is 6.33. The molecule has 0 radical (unpaired) electrons. The smallest absolute Gasteiger partial charge is 0.232 e. The molecule has 4 heteroatoms. The van der Waals surface area contributed by atoms with Gasteiger partial charge in [-0.1, -0.05) is 70.2 Å². The number of hydrogen-bond donors (Lipinski definition) is 0. The van der Waals surface area contributed by atoms with Gasteiger partial charge in [0.1, 0.15) is 6.10 Å². The quantitative estimate of drug-likeness (QED) is 0.337. The number of allylic oxidation sites excluding steroid dienone is 2. The standard InChI is InChI=1S/C23H42N2O2/c1-7-11-13-15-23(14-9-3,22-24-26-19-21(10-4)27-22)17-20(5)18-25(6)16-12-8-2/h12,16,18,21H,7-11,13-15,17,19H2,1-6H3/b16-12-,20-18+. The molecule has 0 fully saturated rings. The second-order valence-corrected chi connectivity index (χ2v) is 7.94. The molecule has 0 bridgehead atoms. The van der Waals surface area contributed by atoms with Crippen LogP contribution in [-0.4, -0.2) is 30.6 Å². The van der Waals surface area contributed by atoms with E-state index in [9.17, 15) is 0 Å². The van der Waals surface area contributed by atoms with Gasteiger partial charge in [0, 0.05) is 13.2 Å². The molecule has 1 rings (SSSR count). The van der Waals surface area contributed by atoms with Crippen molar-refractivity contribution >= 4 is 5.90 Å². The van der Waals surface area contributed by atoms with Crippen LogP contribution in [0.2, 0.25) is 0 Å². The topological polar surface area (TPSA) is 34.1 Å². The average Bonchev–Trinajstić information content (AvgIpc) is 2.66. The number of hydrogen-bond acceptors (Lipinski definition) is 4. The van der Waals surface area contributed by atoms with Crippen LogP contribution < -0.4 is 0 Å². The molecule has 0 spiro atoms. The minimum absolute atomic E-state index is 0.0619. The van der Waals surface area contributed by atoms with Crippen molar-refractivity contribution in [2.75, 3.05) is 13.7 Å². The van der Waals surface area contributed by atoms with Crippen molar-refractivity contribution in [3.63, 3.8) is 0 Å². The van der Waals surface area contributed by atoms with E-state index in [-0.39, 0.29) is 11.5 Å². The number of nitrogens with zero attached hydrogens (tertiary/aromatic N) is 2. The van der Waals surface area contributed by atoms with E-state index in [0.29, 0.717) is 6.61 Å². The van der Waals surface area contributed by atoms with Gasteiger partial charge in [-0.25, -0.2) is 0 Å². The molecule has 0 aromatic carbocycles. The first-order valence-corrected chi connectivity index (χ1v) is 10.9. The Bertz CT molecular complexity index is 499. The predicted octanol–water partition coefficient (Wildman–Crippen LogP) is 6.64. The minimum Gasteiger partial charge on any atom is -0.471 e. The van der Waals surface area contributed by atoms with E-state index < -0.39 is 0 Å². The van der Waals surface area contributed by atoms with Crippen LogP contribution in [0.15, 0.2) is 29.2 Å². The lowest BCUT2D eigenvalue weighted by atomic mass is 9.73. The van der Waals surface area contributed by atoms with Gasteiger partial charge in [-0.3, -0.25) is 0 Å². The molecule has 156 valence electrons. The van der Waals surface area contributed by atoms with Gasteiger partial charge in [0.15, 0.2) is 6.61 Å². The van der Waals surface area contributed by atoms with Gasteiger partial charge in [-0.05, 0) is 45.2 Å². The molecule has 27 heavy (non-hydrogen) atoms. The zero-order valence-electron chi connectivity index (χ0n) is 18.6. The Morgan fingerprint density at radius 3 is 2.59 bits per heavy atom. The largest absolute Gasteiger partial charge is 0.471 e. The van der Waals surface area contributed by atoms with E-state index in [1.807, 2.05) is 0 Å². The molecule has 0 aromatic rings. The van der Waals surface area contributed by atoms with Gasteiger partial charge in [0.2, 0.25) is 5.90 Å². The Kier molecular flexibility index (Phi) is 11.2. The Morgan fingerprint density at radius 2 is 1.96 bits per heavy atom. The van der Waals surface area contributed by atoms with Crippen molar-refractivity contribution in [1.29, 1.82) is 0 Å². The highest BCUT2D eigenvalue weighted by Crippen LogP contribution is 2.40. The van der Waals surface area contributed by atoms with Crippen molar-refractivity contribution in [1.82, 2.24) is 4.90 Å². The summed E-state index contributed by atoms with van der Waals surface area (Å²) in [5, 5.41) is 4.42. The summed E-state index contributed by atoms with van der Waals surface area (Å²) in [6.07, 6.45) is 16.6. The molecule has 0 amide bonds. The van der Waals surface area contributed by atoms with E-state index in [1.54, 1.807) is 0 Å². The number of rotatable bonds is 13. The van der Waals surface area contributed by atoms with Gasteiger partial charge >= 0.3 is 0 Å². The summed E-state index contributed by atoms with van der Waals surface area (Å²) in [7, 11) is 2.10. The summed E-state index contributed by atoms with van der Waals surface area (Å²) >= 11 is 0. The fourth-order valence-corrected chi connectivity index (χ4v) is 3.84. The second kappa shape index (κ2) is 12.9. The van der Waals surface area contributed by atoms with Crippen LogP contribution in [0.25, 0.3) is 0 Å². The number of ether oxygens (including phenoxy) is 1. The minimum atomic E-state index is -0.0619. The van der Waals surface area contributed by atoms with Crippen molar-refractivity contribution in [2.45, 2.75) is 98.5 Å². The lowest BCUT2D eigenvalue weighted by Gasteiger charge is -2.38. The van der Waals surface area contributed by atoms with Gasteiger partial charge in [0.05, 0.1) is 5.41 Å². The van der Waals surface area contributed by atoms with Crippen LogP contribution in [0.4, 0.5) is 0 Å². The molecular formula is C23H42N2O2. The fraction of sp³-hybridized carbons (Fsp3) is 0.783. The van der Waals surface area contributed by atoms with Gasteiger partial charge < -0.3 is 14.5 Å². The monoisotopic (exact) mass is 378 g/mol. The highest BCUT2D eigenvalue weighted by molar-refractivity contribution is 5.83. The van der Waals surface area contributed by atoms with E-state index >= 15 is 0 Å². The summed E-state index contributed by atoms with van der Waals surface area (Å²) in [4.78, 5) is 7.73. The summed E-state index contributed by atoms with van der Waals surface area (Å²) < 4.78 is 6.33. The van der Waals surface area contributed by atoms with Crippen LogP contribution in [-0.2, 0) is 9.57 Å². The molecule has 0 N–H and O–H groups in total. The van der Waals surface area contributed by atoms with E-state index in [2.05, 4.69) is 70.2 Å². The zero-order valence-corrected chi connectivity index (χ0v) is 18.6. The van der Waals surface area contributed by atoms with Gasteiger partial charge in [-0.2, -0.15) is 0 Å². The van der Waals surface area contributed by atoms with Crippen molar-refractivity contribution in [2.24, 2.45) is 10.6 Å². The predicted molar refractivity (Wildman–Crippen MR) is 116 cm³/mol. The van der Waals surface area contributed by atoms with E-state index in [1.165, 1.54) is 24.8 Å². The lowest BCUT2D eigenvalue weighted by Crippen LogP contribution is -2.40. The van der Waals surface area contributed by atoms with E-state index in [4.69, 9.17) is 9.57 Å². The van der Waals surface area contributed by atoms with Crippen LogP contribution in [0.5, 0.6) is 0 Å². The first kappa shape index (κ1) is 23.6. The molecular weight excluding hydrogens is 336 g/mol. The molecule has 1 heterocycles. The molecule has 4 nitrogen and oxygen atoms in total. The van der Waals surface area contributed by atoms with Gasteiger partial charge in [0.25, 0.3) is 0 Å². The van der Waals surface area contributed by atoms with Crippen LogP contribution in [0.3, 0.4) is 0 Å². The summed E-state index contributed by atoms with van der Waals surface area (Å²) in [5.74, 6) is 0.832. The number of unbranched alkanes of at least 4 members (excludes halogenated alkanes) is 2. The maximum Gasteiger partial charge on any atom is 0.232 e. The first-order valence-electron chi connectivity index (χ1n) is 10.9. The van der Waals surface area contributed by atoms with Crippen LogP contribution in [0.1, 0.15) is 92.4 Å². The third kappa shape index (κ3) is 7.98. The Hall–Kier alpha value is -1.45. The Morgan fingerprint density at radius 1 is 1.19 bits per heavy atom. The highest BCUT2D eigenvalue weighted by Gasteiger charge is 2.40. The van der Waals surface area contributed by atoms with Crippen LogP contribution in [0, 0.1) is 5.41 Å². The lowest BCUT2D eigenvalue weighted by molar-refractivity contribution is -0.00839. The fourth-order valence-electron chi connectivity index (χ4n) is 3.84. The Labute approximate surface area is 167 Å². The summed E-state index contributed by atoms with van der Waals surface area (Å²) in [6.45, 7) is 11.6. The maximum atomic E-state index is 6.33. The molecule has 2 atom stereocenters.